The molecule has 2 aromatic heterocycles. The SMILES string of the molecule is O=C(O)[C@@H]1C2C[C@H]2c2cc(-c3cc(Cl)ccc3-n3cc(C(F)(F)F)nn3)cc(=O)n21. The van der Waals surface area contributed by atoms with Crippen LogP contribution in [0.2, 0.25) is 5.02 Å². The molecule has 11 heteroatoms. The highest BCUT2D eigenvalue weighted by Gasteiger charge is 2.55. The van der Waals surface area contributed by atoms with Crippen molar-refractivity contribution in [2.45, 2.75) is 24.6 Å². The number of pyridine rings is 1. The van der Waals surface area contributed by atoms with Gasteiger partial charge in [-0.25, -0.2) is 9.48 Å². The van der Waals surface area contributed by atoms with Gasteiger partial charge in [0.15, 0.2) is 5.69 Å². The number of nitrogens with zero attached hydrogens (tertiary/aromatic N) is 4. The van der Waals surface area contributed by atoms with Crippen LogP contribution in [0.4, 0.5) is 13.2 Å². The van der Waals surface area contributed by atoms with E-state index in [0.29, 0.717) is 28.3 Å². The van der Waals surface area contributed by atoms with E-state index in [4.69, 9.17) is 11.6 Å². The van der Waals surface area contributed by atoms with Crippen molar-refractivity contribution in [3.63, 3.8) is 0 Å². The summed E-state index contributed by atoms with van der Waals surface area (Å²) in [5.74, 6) is -1.19. The van der Waals surface area contributed by atoms with E-state index < -0.39 is 29.4 Å². The first kappa shape index (κ1) is 18.9. The standard InChI is InChI=1S/C19H12ClF3N4O3/c20-9-1-2-13(26-7-15(24-25-26)19(21,22)23)10(5-9)8-3-14-11-6-12(11)17(18(29)30)27(14)16(28)4-8/h1-5,7,11-12,17H,6H2,(H,29,30)/t11-,12?,17+/m1/s1. The number of hydrogen-bond donors (Lipinski definition) is 1. The molecule has 3 heterocycles. The molecule has 2 aliphatic rings. The minimum absolute atomic E-state index is 0.0235. The maximum absolute atomic E-state index is 12.9. The molecule has 1 aromatic carbocycles. The molecule has 0 spiro atoms. The lowest BCUT2D eigenvalue weighted by Gasteiger charge is -2.16. The largest absolute Gasteiger partial charge is 0.480 e. The number of halogens is 4. The van der Waals surface area contributed by atoms with E-state index in [-0.39, 0.29) is 17.5 Å². The maximum Gasteiger partial charge on any atom is 0.436 e. The van der Waals surface area contributed by atoms with Crippen LogP contribution in [0.3, 0.4) is 0 Å². The van der Waals surface area contributed by atoms with Crippen LogP contribution in [0.25, 0.3) is 16.8 Å². The van der Waals surface area contributed by atoms with Crippen molar-refractivity contribution in [3.8, 4) is 16.8 Å². The lowest BCUT2D eigenvalue weighted by molar-refractivity contribution is -0.142. The number of rotatable bonds is 3. The molecule has 1 aliphatic heterocycles. The Balaban J connectivity index is 1.66. The number of aliphatic carboxylic acids is 1. The molecular formula is C19H12ClF3N4O3. The van der Waals surface area contributed by atoms with Crippen LogP contribution in [0.5, 0.6) is 0 Å². The molecule has 7 nitrogen and oxygen atoms in total. The molecule has 3 atom stereocenters. The van der Waals surface area contributed by atoms with E-state index in [1.54, 1.807) is 6.07 Å². The third-order valence-electron chi connectivity index (χ3n) is 5.55. The van der Waals surface area contributed by atoms with Crippen LogP contribution in [0, 0.1) is 5.92 Å². The summed E-state index contributed by atoms with van der Waals surface area (Å²) in [7, 11) is 0. The molecule has 0 amide bonds. The molecule has 1 unspecified atom stereocenters. The minimum Gasteiger partial charge on any atom is -0.480 e. The number of hydrogen-bond acceptors (Lipinski definition) is 4. The second-order valence-corrected chi connectivity index (χ2v) is 7.81. The summed E-state index contributed by atoms with van der Waals surface area (Å²) in [4.78, 5) is 24.3. The van der Waals surface area contributed by atoms with Crippen LogP contribution in [-0.4, -0.2) is 30.6 Å². The Hall–Kier alpha value is -3.14. The fourth-order valence-electron chi connectivity index (χ4n) is 4.18. The number of aromatic nitrogens is 4. The van der Waals surface area contributed by atoms with Gasteiger partial charge in [-0.3, -0.25) is 9.36 Å². The highest BCUT2D eigenvalue weighted by Crippen LogP contribution is 2.59. The molecule has 30 heavy (non-hydrogen) atoms. The number of carbonyl (C=O) groups is 1. The maximum atomic E-state index is 12.9. The molecule has 1 saturated carbocycles. The van der Waals surface area contributed by atoms with Gasteiger partial charge in [-0.05, 0) is 42.2 Å². The molecule has 0 radical (unpaired) electrons. The van der Waals surface area contributed by atoms with Crippen molar-refractivity contribution >= 4 is 17.6 Å². The zero-order valence-corrected chi connectivity index (χ0v) is 15.7. The minimum atomic E-state index is -4.65. The van der Waals surface area contributed by atoms with E-state index in [1.807, 2.05) is 0 Å². The summed E-state index contributed by atoms with van der Waals surface area (Å²) in [5.41, 5.74) is 0.0366. The predicted octanol–water partition coefficient (Wildman–Crippen LogP) is 3.51. The number of benzene rings is 1. The van der Waals surface area contributed by atoms with Crippen molar-refractivity contribution in [1.29, 1.82) is 0 Å². The zero-order chi connectivity index (χ0) is 21.4. The predicted molar refractivity (Wildman–Crippen MR) is 98.6 cm³/mol. The Morgan fingerprint density at radius 3 is 2.67 bits per heavy atom. The van der Waals surface area contributed by atoms with Gasteiger partial charge in [0.1, 0.15) is 6.04 Å². The highest BCUT2D eigenvalue weighted by molar-refractivity contribution is 6.31. The Kier molecular flexibility index (Phi) is 3.88. The van der Waals surface area contributed by atoms with Gasteiger partial charge < -0.3 is 5.11 Å². The third-order valence-corrected chi connectivity index (χ3v) is 5.79. The van der Waals surface area contributed by atoms with E-state index in [2.05, 4.69) is 10.3 Å². The van der Waals surface area contributed by atoms with E-state index >= 15 is 0 Å². The van der Waals surface area contributed by atoms with Crippen molar-refractivity contribution in [2.75, 3.05) is 0 Å². The first-order valence-electron chi connectivity index (χ1n) is 8.94. The van der Waals surface area contributed by atoms with Crippen molar-refractivity contribution in [2.24, 2.45) is 5.92 Å². The third kappa shape index (κ3) is 2.82. The van der Waals surface area contributed by atoms with Gasteiger partial charge >= 0.3 is 12.1 Å². The molecule has 0 saturated heterocycles. The average molecular weight is 437 g/mol. The lowest BCUT2D eigenvalue weighted by atomic mass is 10.0. The second-order valence-electron chi connectivity index (χ2n) is 7.37. The Bertz CT molecular complexity index is 1270. The summed E-state index contributed by atoms with van der Waals surface area (Å²) in [6.45, 7) is 0. The summed E-state index contributed by atoms with van der Waals surface area (Å²) in [6, 6.07) is 6.57. The smallest absolute Gasteiger partial charge is 0.436 e. The van der Waals surface area contributed by atoms with Gasteiger partial charge in [0, 0.05) is 28.3 Å². The highest BCUT2D eigenvalue weighted by atomic mass is 35.5. The van der Waals surface area contributed by atoms with Crippen molar-refractivity contribution in [3.05, 3.63) is 63.3 Å². The van der Waals surface area contributed by atoms with Crippen LogP contribution in [0.1, 0.15) is 29.8 Å². The number of alkyl halides is 3. The fraction of sp³-hybridized carbons (Fsp3) is 0.263. The van der Waals surface area contributed by atoms with Crippen LogP contribution in [-0.2, 0) is 11.0 Å². The molecular weight excluding hydrogens is 425 g/mol. The summed E-state index contributed by atoms with van der Waals surface area (Å²) < 4.78 is 41.0. The monoisotopic (exact) mass is 436 g/mol. The Morgan fingerprint density at radius 1 is 1.23 bits per heavy atom. The van der Waals surface area contributed by atoms with Gasteiger partial charge in [0.05, 0.1) is 11.9 Å². The summed E-state index contributed by atoms with van der Waals surface area (Å²) >= 11 is 6.10. The molecule has 0 bridgehead atoms. The summed E-state index contributed by atoms with van der Waals surface area (Å²) in [5, 5.41) is 16.5. The van der Waals surface area contributed by atoms with Gasteiger partial charge in [-0.15, -0.1) is 5.10 Å². The fourth-order valence-corrected chi connectivity index (χ4v) is 4.35. The van der Waals surface area contributed by atoms with Gasteiger partial charge in [-0.1, -0.05) is 16.8 Å². The molecule has 3 aromatic rings. The quantitative estimate of drug-likeness (QED) is 0.678. The van der Waals surface area contributed by atoms with E-state index in [1.165, 1.54) is 28.8 Å². The first-order chi connectivity index (χ1) is 14.1. The van der Waals surface area contributed by atoms with Gasteiger partial charge in [0.2, 0.25) is 0 Å². The van der Waals surface area contributed by atoms with Crippen molar-refractivity contribution < 1.29 is 23.1 Å². The van der Waals surface area contributed by atoms with Crippen LogP contribution >= 0.6 is 11.6 Å². The van der Waals surface area contributed by atoms with Crippen molar-refractivity contribution in [1.82, 2.24) is 19.6 Å². The topological polar surface area (TPSA) is 90.0 Å². The number of carboxylic acids is 1. The van der Waals surface area contributed by atoms with E-state index in [9.17, 15) is 27.9 Å². The van der Waals surface area contributed by atoms with Crippen LogP contribution < -0.4 is 5.56 Å². The molecule has 5 rings (SSSR count). The summed E-state index contributed by atoms with van der Waals surface area (Å²) in [6.07, 6.45) is -3.21. The number of fused-ring (bicyclic) bond motifs is 3. The van der Waals surface area contributed by atoms with Gasteiger partial charge in [-0.2, -0.15) is 13.2 Å². The van der Waals surface area contributed by atoms with Gasteiger partial charge in [0.25, 0.3) is 5.56 Å². The second kappa shape index (κ2) is 6.18. The normalized spacial score (nSPS) is 21.9. The van der Waals surface area contributed by atoms with E-state index in [0.717, 1.165) is 10.9 Å². The van der Waals surface area contributed by atoms with Crippen LogP contribution in [0.15, 0.2) is 41.3 Å². The Labute approximate surface area is 171 Å². The number of carboxylic acid groups (broad SMARTS) is 1. The molecule has 1 N–H and O–H groups in total. The first-order valence-corrected chi connectivity index (χ1v) is 9.32. The average Bonchev–Trinajstić information content (AvgIpc) is 3.13. The molecule has 1 aliphatic carbocycles. The Morgan fingerprint density at radius 2 is 2.00 bits per heavy atom. The molecule has 1 fully saturated rings. The molecule has 154 valence electrons. The zero-order valence-electron chi connectivity index (χ0n) is 15.0. The lowest BCUT2D eigenvalue weighted by Crippen LogP contribution is -2.29.